The maximum atomic E-state index is 13.3. The first kappa shape index (κ1) is 17.4. The molecule has 0 bridgehead atoms. The Morgan fingerprint density at radius 3 is 2.22 bits per heavy atom. The number of hydrogen-bond acceptors (Lipinski definition) is 4. The molecule has 0 aliphatic carbocycles. The molecule has 27 heavy (non-hydrogen) atoms. The molecule has 4 aromatic rings. The average molecular weight is 354 g/mol. The molecule has 2 aromatic heterocycles. The van der Waals surface area contributed by atoms with Gasteiger partial charge in [-0.2, -0.15) is 0 Å². The van der Waals surface area contributed by atoms with Crippen molar-refractivity contribution in [3.63, 3.8) is 0 Å². The molecule has 6 heteroatoms. The SMILES string of the molecule is [B]C(c1nc2nc3ccccc3nc2c(=O)n1Cc1ccccc1)C(C)C. The Labute approximate surface area is 158 Å². The number of rotatable bonds is 4. The fraction of sp³-hybridized carbons (Fsp3) is 0.238. The van der Waals surface area contributed by atoms with Crippen LogP contribution in [0, 0.1) is 5.92 Å². The topological polar surface area (TPSA) is 60.7 Å². The van der Waals surface area contributed by atoms with Gasteiger partial charge in [-0.15, -0.1) is 0 Å². The third-order valence-corrected chi connectivity index (χ3v) is 4.70. The van der Waals surface area contributed by atoms with E-state index in [1.807, 2.05) is 68.4 Å². The molecule has 132 valence electrons. The summed E-state index contributed by atoms with van der Waals surface area (Å²) in [6, 6.07) is 17.3. The fourth-order valence-corrected chi connectivity index (χ4v) is 3.08. The lowest BCUT2D eigenvalue weighted by Gasteiger charge is -2.21. The highest BCUT2D eigenvalue weighted by atomic mass is 16.1. The van der Waals surface area contributed by atoms with Crippen molar-refractivity contribution >= 4 is 30.0 Å². The Morgan fingerprint density at radius 1 is 0.926 bits per heavy atom. The second kappa shape index (κ2) is 6.95. The summed E-state index contributed by atoms with van der Waals surface area (Å²) in [6.07, 6.45) is 0. The van der Waals surface area contributed by atoms with Gasteiger partial charge in [0.1, 0.15) is 5.82 Å². The van der Waals surface area contributed by atoms with Crippen molar-refractivity contribution in [2.24, 2.45) is 5.92 Å². The number of aromatic nitrogens is 4. The molecule has 0 spiro atoms. The first-order valence-electron chi connectivity index (χ1n) is 9.01. The second-order valence-electron chi connectivity index (χ2n) is 7.00. The number of nitrogens with zero attached hydrogens (tertiary/aromatic N) is 4. The molecule has 2 aromatic carbocycles. The Balaban J connectivity index is 2.00. The lowest BCUT2D eigenvalue weighted by Crippen LogP contribution is -2.30. The second-order valence-corrected chi connectivity index (χ2v) is 7.00. The maximum absolute atomic E-state index is 13.3. The Hall–Kier alpha value is -3.02. The molecule has 2 heterocycles. The van der Waals surface area contributed by atoms with E-state index in [1.165, 1.54) is 0 Å². The minimum atomic E-state index is -0.376. The van der Waals surface area contributed by atoms with E-state index >= 15 is 0 Å². The zero-order chi connectivity index (χ0) is 19.0. The van der Waals surface area contributed by atoms with E-state index in [4.69, 9.17) is 7.85 Å². The van der Waals surface area contributed by atoms with Gasteiger partial charge in [0, 0.05) is 0 Å². The van der Waals surface area contributed by atoms with Gasteiger partial charge in [-0.25, -0.2) is 15.0 Å². The van der Waals surface area contributed by atoms with Gasteiger partial charge >= 0.3 is 0 Å². The Morgan fingerprint density at radius 2 is 1.56 bits per heavy atom. The summed E-state index contributed by atoms with van der Waals surface area (Å²) in [7, 11) is 6.39. The van der Waals surface area contributed by atoms with Gasteiger partial charge < -0.3 is 0 Å². The Bertz CT molecular complexity index is 1170. The lowest BCUT2D eigenvalue weighted by molar-refractivity contribution is 0.553. The van der Waals surface area contributed by atoms with E-state index < -0.39 is 0 Å². The molecule has 2 radical (unpaired) electrons. The van der Waals surface area contributed by atoms with Crippen molar-refractivity contribution in [1.82, 2.24) is 19.5 Å². The van der Waals surface area contributed by atoms with Crippen molar-refractivity contribution < 1.29 is 0 Å². The predicted octanol–water partition coefficient (Wildman–Crippen LogP) is 3.25. The summed E-state index contributed by atoms with van der Waals surface area (Å²) in [5, 5.41) is 0. The summed E-state index contributed by atoms with van der Waals surface area (Å²) in [5.74, 6) is 0.291. The van der Waals surface area contributed by atoms with Crippen molar-refractivity contribution in [2.75, 3.05) is 0 Å². The van der Waals surface area contributed by atoms with Crippen LogP contribution in [0.4, 0.5) is 0 Å². The van der Waals surface area contributed by atoms with Crippen LogP contribution in [-0.4, -0.2) is 27.4 Å². The highest BCUT2D eigenvalue weighted by Gasteiger charge is 2.20. The molecule has 0 saturated heterocycles. The van der Waals surface area contributed by atoms with Crippen LogP contribution in [0.5, 0.6) is 0 Å². The van der Waals surface area contributed by atoms with E-state index in [2.05, 4.69) is 15.0 Å². The summed E-state index contributed by atoms with van der Waals surface area (Å²) in [6.45, 7) is 4.42. The van der Waals surface area contributed by atoms with Gasteiger partial charge in [0.15, 0.2) is 11.2 Å². The lowest BCUT2D eigenvalue weighted by atomic mass is 9.77. The van der Waals surface area contributed by atoms with Crippen LogP contribution in [-0.2, 0) is 6.54 Å². The number of fused-ring (bicyclic) bond motifs is 2. The van der Waals surface area contributed by atoms with E-state index in [-0.39, 0.29) is 22.8 Å². The minimum Gasteiger partial charge on any atom is -0.291 e. The normalized spacial score (nSPS) is 12.7. The fourth-order valence-electron chi connectivity index (χ4n) is 3.08. The molecular weight excluding hydrogens is 335 g/mol. The minimum absolute atomic E-state index is 0.129. The quantitative estimate of drug-likeness (QED) is 0.417. The molecular formula is C21H19BN4O. The van der Waals surface area contributed by atoms with E-state index in [0.717, 1.165) is 5.56 Å². The van der Waals surface area contributed by atoms with Crippen LogP contribution in [0.15, 0.2) is 59.4 Å². The van der Waals surface area contributed by atoms with E-state index in [9.17, 15) is 4.79 Å². The summed E-state index contributed by atoms with van der Waals surface area (Å²) >= 11 is 0. The van der Waals surface area contributed by atoms with Gasteiger partial charge in [-0.1, -0.05) is 56.3 Å². The smallest absolute Gasteiger partial charge is 0.282 e. The average Bonchev–Trinajstić information content (AvgIpc) is 2.69. The first-order chi connectivity index (χ1) is 13.0. The first-order valence-corrected chi connectivity index (χ1v) is 9.01. The highest BCUT2D eigenvalue weighted by Crippen LogP contribution is 2.21. The summed E-state index contributed by atoms with van der Waals surface area (Å²) in [4.78, 5) is 27.0. The third-order valence-electron chi connectivity index (χ3n) is 4.70. The molecule has 5 nitrogen and oxygen atoms in total. The van der Waals surface area contributed by atoms with Crippen LogP contribution in [0.25, 0.3) is 22.2 Å². The zero-order valence-corrected chi connectivity index (χ0v) is 15.3. The van der Waals surface area contributed by atoms with Gasteiger partial charge in [0.25, 0.3) is 5.56 Å². The molecule has 1 unspecified atom stereocenters. The van der Waals surface area contributed by atoms with Gasteiger partial charge in [-0.3, -0.25) is 9.36 Å². The largest absolute Gasteiger partial charge is 0.291 e. The number of para-hydroxylation sites is 2. The van der Waals surface area contributed by atoms with Crippen molar-refractivity contribution in [3.05, 3.63) is 76.3 Å². The number of benzene rings is 2. The van der Waals surface area contributed by atoms with Crippen LogP contribution >= 0.6 is 0 Å². The molecule has 4 rings (SSSR count). The predicted molar refractivity (Wildman–Crippen MR) is 108 cm³/mol. The molecule has 0 N–H and O–H groups in total. The monoisotopic (exact) mass is 354 g/mol. The van der Waals surface area contributed by atoms with Crippen LogP contribution in [0.2, 0.25) is 0 Å². The molecule has 1 atom stereocenters. The van der Waals surface area contributed by atoms with Crippen molar-refractivity contribution in [2.45, 2.75) is 26.2 Å². The molecule has 0 fully saturated rings. The standard InChI is InChI=1S/C21H19BN4O/c1-13(2)17(22)20-25-19-18(23-15-10-6-7-11-16(15)24-19)21(27)26(20)12-14-8-4-3-5-9-14/h3-11,13,17H,12H2,1-2H3. The van der Waals surface area contributed by atoms with E-state index in [0.29, 0.717) is 29.0 Å². The van der Waals surface area contributed by atoms with Gasteiger partial charge in [-0.05, 0) is 29.4 Å². The van der Waals surface area contributed by atoms with Crippen molar-refractivity contribution in [1.29, 1.82) is 0 Å². The maximum Gasteiger partial charge on any atom is 0.282 e. The van der Waals surface area contributed by atoms with E-state index in [1.54, 1.807) is 4.57 Å². The zero-order valence-electron chi connectivity index (χ0n) is 15.3. The van der Waals surface area contributed by atoms with Crippen LogP contribution < -0.4 is 5.56 Å². The van der Waals surface area contributed by atoms with Crippen LogP contribution in [0.1, 0.15) is 31.1 Å². The molecule has 0 saturated carbocycles. The van der Waals surface area contributed by atoms with Gasteiger partial charge in [0.05, 0.1) is 25.4 Å². The van der Waals surface area contributed by atoms with Gasteiger partial charge in [0.2, 0.25) is 0 Å². The molecule has 0 amide bonds. The summed E-state index contributed by atoms with van der Waals surface area (Å²) < 4.78 is 1.63. The Kier molecular flexibility index (Phi) is 4.48. The van der Waals surface area contributed by atoms with Crippen molar-refractivity contribution in [3.8, 4) is 0 Å². The number of hydrogen-bond donors (Lipinski definition) is 0. The molecule has 0 aliphatic heterocycles. The third kappa shape index (κ3) is 3.23. The summed E-state index contributed by atoms with van der Waals surface area (Å²) in [5.41, 5.74) is 2.79. The van der Waals surface area contributed by atoms with Crippen LogP contribution in [0.3, 0.4) is 0 Å². The highest BCUT2D eigenvalue weighted by molar-refractivity contribution is 6.12. The molecule has 0 aliphatic rings.